The lowest BCUT2D eigenvalue weighted by Crippen LogP contribution is -2.48. The fraction of sp³-hybridized carbons (Fsp3) is 0.600. The van der Waals surface area contributed by atoms with E-state index < -0.39 is 0 Å². The molecule has 0 aromatic carbocycles. The minimum absolute atomic E-state index is 0.160. The number of hydrogen-bond acceptors (Lipinski definition) is 6. The van der Waals surface area contributed by atoms with Crippen LogP contribution in [0.2, 0.25) is 0 Å². The maximum absolute atomic E-state index is 12.5. The van der Waals surface area contributed by atoms with Crippen molar-refractivity contribution < 1.29 is 9.32 Å². The summed E-state index contributed by atoms with van der Waals surface area (Å²) in [4.78, 5) is 20.8. The Bertz CT molecular complexity index is 664. The molecule has 8 heteroatoms. The summed E-state index contributed by atoms with van der Waals surface area (Å²) >= 11 is 0. The number of piperazine rings is 1. The monoisotopic (exact) mass is 318 g/mol. The Morgan fingerprint density at radius 1 is 1.22 bits per heavy atom. The highest BCUT2D eigenvalue weighted by molar-refractivity contribution is 5.79. The van der Waals surface area contributed by atoms with Crippen LogP contribution < -0.4 is 0 Å². The van der Waals surface area contributed by atoms with Crippen LogP contribution in [0.5, 0.6) is 0 Å². The molecule has 0 unspecified atom stereocenters. The summed E-state index contributed by atoms with van der Waals surface area (Å²) in [6, 6.07) is 0. The molecule has 3 heterocycles. The summed E-state index contributed by atoms with van der Waals surface area (Å²) in [7, 11) is 0. The molecule has 124 valence electrons. The molecule has 1 saturated heterocycles. The average molecular weight is 318 g/mol. The lowest BCUT2D eigenvalue weighted by molar-refractivity contribution is -0.132. The molecular weight excluding hydrogens is 296 g/mol. The molecule has 8 nitrogen and oxygen atoms in total. The zero-order valence-electron chi connectivity index (χ0n) is 13.8. The van der Waals surface area contributed by atoms with Gasteiger partial charge in [0.05, 0.1) is 18.7 Å². The largest absolute Gasteiger partial charge is 0.340 e. The van der Waals surface area contributed by atoms with Crippen LogP contribution in [-0.2, 0) is 17.8 Å². The van der Waals surface area contributed by atoms with Crippen molar-refractivity contribution in [2.45, 2.75) is 33.7 Å². The van der Waals surface area contributed by atoms with Crippen LogP contribution in [-0.4, -0.2) is 62.2 Å². The number of H-pyrrole nitrogens is 1. The number of aromatic nitrogens is 4. The standard InChI is InChI=1S/C15H22N6O2/c1-10-13(11(2)18-17-10)8-15(22)21-6-4-20(5-7-21)9-14-16-12(3)23-19-14/h4-9H2,1-3H3,(H,17,18). The second-order valence-electron chi connectivity index (χ2n) is 5.98. The molecule has 3 rings (SSSR count). The smallest absolute Gasteiger partial charge is 0.227 e. The van der Waals surface area contributed by atoms with Gasteiger partial charge in [0.15, 0.2) is 5.82 Å². The van der Waals surface area contributed by atoms with Gasteiger partial charge in [0.1, 0.15) is 0 Å². The van der Waals surface area contributed by atoms with Crippen LogP contribution in [0.25, 0.3) is 0 Å². The molecular formula is C15H22N6O2. The maximum atomic E-state index is 12.5. The van der Waals surface area contributed by atoms with E-state index in [1.165, 1.54) is 0 Å². The highest BCUT2D eigenvalue weighted by Crippen LogP contribution is 2.13. The van der Waals surface area contributed by atoms with Gasteiger partial charge in [-0.15, -0.1) is 0 Å². The zero-order chi connectivity index (χ0) is 16.4. The Labute approximate surface area is 134 Å². The molecule has 1 aliphatic heterocycles. The summed E-state index contributed by atoms with van der Waals surface area (Å²) in [5.74, 6) is 1.44. The molecule has 2 aromatic heterocycles. The van der Waals surface area contributed by atoms with E-state index in [4.69, 9.17) is 4.52 Å². The Kier molecular flexibility index (Phi) is 4.42. The van der Waals surface area contributed by atoms with Crippen LogP contribution in [0, 0.1) is 20.8 Å². The van der Waals surface area contributed by atoms with Crippen LogP contribution in [0.15, 0.2) is 4.52 Å². The van der Waals surface area contributed by atoms with Gasteiger partial charge in [0.2, 0.25) is 11.8 Å². The molecule has 0 saturated carbocycles. The van der Waals surface area contributed by atoms with E-state index in [0.717, 1.165) is 43.1 Å². The molecule has 0 spiro atoms. The van der Waals surface area contributed by atoms with Gasteiger partial charge in [-0.05, 0) is 13.8 Å². The molecule has 23 heavy (non-hydrogen) atoms. The molecule has 0 atom stereocenters. The molecule has 0 radical (unpaired) electrons. The number of hydrogen-bond donors (Lipinski definition) is 1. The first kappa shape index (κ1) is 15.7. The Balaban J connectivity index is 1.51. The van der Waals surface area contributed by atoms with Crippen molar-refractivity contribution >= 4 is 5.91 Å². The third-order valence-electron chi connectivity index (χ3n) is 4.27. The van der Waals surface area contributed by atoms with Crippen LogP contribution in [0.3, 0.4) is 0 Å². The van der Waals surface area contributed by atoms with Crippen LogP contribution in [0.1, 0.15) is 28.7 Å². The van der Waals surface area contributed by atoms with Crippen molar-refractivity contribution in [3.05, 3.63) is 28.7 Å². The molecule has 2 aromatic rings. The number of nitrogens with one attached hydrogen (secondary N) is 1. The second-order valence-corrected chi connectivity index (χ2v) is 5.98. The number of nitrogens with zero attached hydrogens (tertiary/aromatic N) is 5. The fourth-order valence-corrected chi connectivity index (χ4v) is 2.86. The lowest BCUT2D eigenvalue weighted by Gasteiger charge is -2.34. The molecule has 1 fully saturated rings. The van der Waals surface area contributed by atoms with E-state index >= 15 is 0 Å². The van der Waals surface area contributed by atoms with Gasteiger partial charge >= 0.3 is 0 Å². The van der Waals surface area contributed by atoms with Crippen molar-refractivity contribution in [3.8, 4) is 0 Å². The van der Waals surface area contributed by atoms with Gasteiger partial charge < -0.3 is 9.42 Å². The Morgan fingerprint density at radius 3 is 2.52 bits per heavy atom. The second kappa shape index (κ2) is 6.49. The number of aryl methyl sites for hydroxylation is 3. The van der Waals surface area contributed by atoms with E-state index in [1.54, 1.807) is 6.92 Å². The van der Waals surface area contributed by atoms with Crippen molar-refractivity contribution in [3.63, 3.8) is 0 Å². The summed E-state index contributed by atoms with van der Waals surface area (Å²) in [6.45, 7) is 9.43. The highest BCUT2D eigenvalue weighted by Gasteiger charge is 2.23. The number of rotatable bonds is 4. The number of carbonyl (C=O) groups is 1. The summed E-state index contributed by atoms with van der Waals surface area (Å²) in [5, 5.41) is 11.0. The maximum Gasteiger partial charge on any atom is 0.227 e. The predicted molar refractivity (Wildman–Crippen MR) is 82.7 cm³/mol. The first-order chi connectivity index (χ1) is 11.0. The van der Waals surface area contributed by atoms with Crippen molar-refractivity contribution in [2.75, 3.05) is 26.2 Å². The van der Waals surface area contributed by atoms with Crippen LogP contribution >= 0.6 is 0 Å². The zero-order valence-corrected chi connectivity index (χ0v) is 13.8. The minimum Gasteiger partial charge on any atom is -0.340 e. The van der Waals surface area contributed by atoms with Gasteiger partial charge in [-0.2, -0.15) is 10.1 Å². The third kappa shape index (κ3) is 3.58. The first-order valence-corrected chi connectivity index (χ1v) is 7.82. The highest BCUT2D eigenvalue weighted by atomic mass is 16.5. The summed E-state index contributed by atoms with van der Waals surface area (Å²) in [6.07, 6.45) is 0.415. The summed E-state index contributed by atoms with van der Waals surface area (Å²) < 4.78 is 4.99. The predicted octanol–water partition coefficient (Wildman–Crippen LogP) is 0.605. The van der Waals surface area contributed by atoms with Crippen molar-refractivity contribution in [1.82, 2.24) is 30.1 Å². The molecule has 0 bridgehead atoms. The Hall–Kier alpha value is -2.22. The lowest BCUT2D eigenvalue weighted by atomic mass is 10.1. The summed E-state index contributed by atoms with van der Waals surface area (Å²) in [5.41, 5.74) is 2.89. The van der Waals surface area contributed by atoms with Gasteiger partial charge in [0.25, 0.3) is 0 Å². The van der Waals surface area contributed by atoms with E-state index in [9.17, 15) is 4.79 Å². The normalized spacial score (nSPS) is 16.0. The minimum atomic E-state index is 0.160. The topological polar surface area (TPSA) is 91.2 Å². The van der Waals surface area contributed by atoms with Crippen molar-refractivity contribution in [2.24, 2.45) is 0 Å². The molecule has 1 amide bonds. The number of amides is 1. The molecule has 0 aliphatic carbocycles. The first-order valence-electron chi connectivity index (χ1n) is 7.82. The van der Waals surface area contributed by atoms with Gasteiger partial charge in [0, 0.05) is 44.4 Å². The quantitative estimate of drug-likeness (QED) is 0.888. The third-order valence-corrected chi connectivity index (χ3v) is 4.27. The molecule has 1 N–H and O–H groups in total. The SMILES string of the molecule is Cc1nc(CN2CCN(C(=O)Cc3c(C)n[nH]c3C)CC2)no1. The van der Waals surface area contributed by atoms with Crippen molar-refractivity contribution in [1.29, 1.82) is 0 Å². The van der Waals surface area contributed by atoms with Gasteiger partial charge in [-0.1, -0.05) is 5.16 Å². The van der Waals surface area contributed by atoms with Gasteiger partial charge in [-0.3, -0.25) is 14.8 Å². The van der Waals surface area contributed by atoms with E-state index in [0.29, 0.717) is 24.7 Å². The Morgan fingerprint density at radius 2 is 1.96 bits per heavy atom. The fourth-order valence-electron chi connectivity index (χ4n) is 2.86. The molecule has 1 aliphatic rings. The van der Waals surface area contributed by atoms with E-state index in [-0.39, 0.29) is 5.91 Å². The average Bonchev–Trinajstić information content (AvgIpc) is 3.08. The van der Waals surface area contributed by atoms with E-state index in [1.807, 2.05) is 18.7 Å². The van der Waals surface area contributed by atoms with Crippen LogP contribution in [0.4, 0.5) is 0 Å². The van der Waals surface area contributed by atoms with E-state index in [2.05, 4.69) is 25.2 Å². The van der Waals surface area contributed by atoms with Gasteiger partial charge in [-0.25, -0.2) is 0 Å². The number of aromatic amines is 1. The number of carbonyl (C=O) groups excluding carboxylic acids is 1.